The van der Waals surface area contributed by atoms with Crippen LogP contribution in [0.2, 0.25) is 0 Å². The highest BCUT2D eigenvalue weighted by Gasteiger charge is 2.20. The molecule has 7 heteroatoms. The Morgan fingerprint density at radius 1 is 0.338 bits per heavy atom. The van der Waals surface area contributed by atoms with E-state index in [1.54, 1.807) is 55.6 Å². The molecule has 10 rings (SSSR count). The molecule has 0 amide bonds. The van der Waals surface area contributed by atoms with E-state index < -0.39 is 9.84 Å². The van der Waals surface area contributed by atoms with E-state index in [4.69, 9.17) is 9.47 Å². The van der Waals surface area contributed by atoms with E-state index >= 15 is 0 Å². The van der Waals surface area contributed by atoms with Gasteiger partial charge in [-0.3, -0.25) is 0 Å². The van der Waals surface area contributed by atoms with Crippen LogP contribution in [0.4, 0.5) is 34.1 Å². The second kappa shape index (κ2) is 20.1. The van der Waals surface area contributed by atoms with Crippen molar-refractivity contribution in [1.82, 2.24) is 0 Å². The highest BCUT2D eigenvalue weighted by Crippen LogP contribution is 2.42. The zero-order chi connectivity index (χ0) is 48.9. The molecule has 0 aliphatic rings. The molecule has 0 heterocycles. The van der Waals surface area contributed by atoms with Gasteiger partial charge in [-0.25, -0.2) is 8.42 Å². The van der Waals surface area contributed by atoms with Crippen molar-refractivity contribution in [2.75, 3.05) is 16.9 Å². The molecule has 0 aromatic heterocycles. The predicted octanol–water partition coefficient (Wildman–Crippen LogP) is 17.2. The largest absolute Gasteiger partial charge is 0.497 e. The van der Waals surface area contributed by atoms with Gasteiger partial charge in [0.2, 0.25) is 9.84 Å². The molecular formula is C64H52N2O4S. The highest BCUT2D eigenvalue weighted by molar-refractivity contribution is 7.91. The molecule has 71 heavy (non-hydrogen) atoms. The third-order valence-corrected chi connectivity index (χ3v) is 14.6. The van der Waals surface area contributed by atoms with Crippen LogP contribution in [0.15, 0.2) is 252 Å². The Balaban J connectivity index is 0.945. The Kier molecular flexibility index (Phi) is 13.1. The molecule has 0 fully saturated rings. The molecule has 10 aromatic carbocycles. The topological polar surface area (TPSA) is 59.1 Å². The second-order valence-electron chi connectivity index (χ2n) is 17.6. The van der Waals surface area contributed by atoms with Gasteiger partial charge < -0.3 is 19.3 Å². The van der Waals surface area contributed by atoms with Crippen LogP contribution in [0, 0.1) is 20.8 Å². The predicted molar refractivity (Wildman–Crippen MR) is 291 cm³/mol. The molecule has 0 unspecified atom stereocenters. The summed E-state index contributed by atoms with van der Waals surface area (Å²) in [5.74, 6) is 1.97. The zero-order valence-electron chi connectivity index (χ0n) is 40.0. The van der Waals surface area contributed by atoms with Crippen molar-refractivity contribution in [1.29, 1.82) is 0 Å². The van der Waals surface area contributed by atoms with E-state index in [-0.39, 0.29) is 9.79 Å². The smallest absolute Gasteiger partial charge is 0.206 e. The first kappa shape index (κ1) is 46.1. The summed E-state index contributed by atoms with van der Waals surface area (Å²) >= 11 is 0. The fraction of sp³-hybridized carbons (Fsp3) is 0.0625. The van der Waals surface area contributed by atoms with Crippen molar-refractivity contribution in [3.05, 3.63) is 259 Å². The lowest BCUT2D eigenvalue weighted by Crippen LogP contribution is -2.12. The molecule has 0 atom stereocenters. The Bertz CT molecular complexity index is 3530. The van der Waals surface area contributed by atoms with Gasteiger partial charge in [-0.2, -0.15) is 0 Å². The number of sulfone groups is 1. The summed E-state index contributed by atoms with van der Waals surface area (Å²) < 4.78 is 38.4. The number of aryl methyl sites for hydroxylation is 3. The van der Waals surface area contributed by atoms with Gasteiger partial charge >= 0.3 is 0 Å². The molecule has 0 aliphatic carbocycles. The maximum Gasteiger partial charge on any atom is 0.206 e. The molecule has 0 spiro atoms. The van der Waals surface area contributed by atoms with Crippen molar-refractivity contribution < 1.29 is 17.9 Å². The average Bonchev–Trinajstić information content (AvgIpc) is 3.41. The summed E-state index contributed by atoms with van der Waals surface area (Å²) in [6.07, 6.45) is 0. The van der Waals surface area contributed by atoms with E-state index in [2.05, 4.69) is 181 Å². The fourth-order valence-electron chi connectivity index (χ4n) is 8.96. The number of hydrogen-bond donors (Lipinski definition) is 0. The van der Waals surface area contributed by atoms with Crippen molar-refractivity contribution in [2.45, 2.75) is 30.6 Å². The van der Waals surface area contributed by atoms with Crippen molar-refractivity contribution in [3.63, 3.8) is 0 Å². The Morgan fingerprint density at radius 3 is 1.04 bits per heavy atom. The number of methoxy groups -OCH3 is 1. The molecule has 0 radical (unpaired) electrons. The van der Waals surface area contributed by atoms with E-state index in [0.717, 1.165) is 84.4 Å². The molecule has 6 nitrogen and oxygen atoms in total. The van der Waals surface area contributed by atoms with Crippen LogP contribution in [0.25, 0.3) is 33.4 Å². The molecule has 0 saturated heterocycles. The minimum absolute atomic E-state index is 0.212. The van der Waals surface area contributed by atoms with Gasteiger partial charge in [-0.15, -0.1) is 0 Å². The number of hydrogen-bond acceptors (Lipinski definition) is 6. The lowest BCUT2D eigenvalue weighted by atomic mass is 9.98. The number of anilines is 6. The van der Waals surface area contributed by atoms with E-state index in [1.807, 2.05) is 43.3 Å². The van der Waals surface area contributed by atoms with Crippen LogP contribution in [0.3, 0.4) is 0 Å². The summed E-state index contributed by atoms with van der Waals surface area (Å²) in [5, 5.41) is 0. The zero-order valence-corrected chi connectivity index (χ0v) is 40.8. The second-order valence-corrected chi connectivity index (χ2v) is 19.5. The lowest BCUT2D eigenvalue weighted by molar-refractivity contribution is 0.415. The maximum absolute atomic E-state index is 13.3. The lowest BCUT2D eigenvalue weighted by Gasteiger charge is -2.28. The summed E-state index contributed by atoms with van der Waals surface area (Å²) in [4.78, 5) is 5.04. The molecule has 0 saturated carbocycles. The third kappa shape index (κ3) is 9.95. The SMILES string of the molecule is COc1ccc(N(c2ccc(-c3ccccc3)cc2)c2ccc(-c3ccc(N(c4ccc(Oc5ccc(S(=O)(=O)c6ccc(C)cc6)cc5)cc4)c4ccc(-c5ccccc5)cc4)c(C)c3)cc2C)cc1. The summed E-state index contributed by atoms with van der Waals surface area (Å²) in [7, 11) is -1.97. The van der Waals surface area contributed by atoms with Crippen LogP contribution in [0.5, 0.6) is 17.2 Å². The van der Waals surface area contributed by atoms with Crippen molar-refractivity contribution in [2.24, 2.45) is 0 Å². The fourth-order valence-corrected chi connectivity index (χ4v) is 10.2. The summed E-state index contributed by atoms with van der Waals surface area (Å²) in [5.41, 5.74) is 16.3. The minimum Gasteiger partial charge on any atom is -0.497 e. The quantitative estimate of drug-likeness (QED) is 0.108. The van der Waals surface area contributed by atoms with Gasteiger partial charge in [0.05, 0.1) is 16.9 Å². The molecule has 0 bridgehead atoms. The Labute approximate surface area is 417 Å². The average molecular weight is 945 g/mol. The monoisotopic (exact) mass is 944 g/mol. The molecule has 0 N–H and O–H groups in total. The van der Waals surface area contributed by atoms with Crippen LogP contribution in [-0.4, -0.2) is 15.5 Å². The maximum atomic E-state index is 13.3. The van der Waals surface area contributed by atoms with Gasteiger partial charge in [0.1, 0.15) is 17.2 Å². The van der Waals surface area contributed by atoms with E-state index in [9.17, 15) is 8.42 Å². The first-order chi connectivity index (χ1) is 34.6. The van der Waals surface area contributed by atoms with Crippen LogP contribution >= 0.6 is 0 Å². The number of benzene rings is 10. The summed E-state index contributed by atoms with van der Waals surface area (Å²) in [6.45, 7) is 6.27. The standard InChI is InChI=1S/C64H52N2O4S/c1-45-15-37-61(38-16-45)71(67,68)62-39-35-60(36-40-62)70-59-33-29-57(30-34-59)66(55-25-19-51(20-26-55)49-13-9-6-10-14-49)64-42-22-53(44-47(64)3)52-21-41-63(46(2)43-52)65(56-27-31-58(69-4)32-28-56)54-23-17-50(18-24-54)48-11-7-5-8-12-48/h5-44H,1-4H3. The summed E-state index contributed by atoms with van der Waals surface area (Å²) in [6, 6.07) is 81.2. The van der Waals surface area contributed by atoms with Crippen molar-refractivity contribution >= 4 is 44.0 Å². The Morgan fingerprint density at radius 2 is 0.662 bits per heavy atom. The van der Waals surface area contributed by atoms with E-state index in [0.29, 0.717) is 11.5 Å². The van der Waals surface area contributed by atoms with Gasteiger partial charge in [0, 0.05) is 34.1 Å². The minimum atomic E-state index is -3.66. The Hall–Kier alpha value is -8.65. The normalized spacial score (nSPS) is 11.2. The van der Waals surface area contributed by atoms with Crippen LogP contribution in [-0.2, 0) is 9.84 Å². The van der Waals surface area contributed by atoms with Crippen molar-refractivity contribution in [3.8, 4) is 50.6 Å². The highest BCUT2D eigenvalue weighted by atomic mass is 32.2. The molecule has 10 aromatic rings. The van der Waals surface area contributed by atoms with Gasteiger partial charge in [0.25, 0.3) is 0 Å². The third-order valence-electron chi connectivity index (χ3n) is 12.8. The van der Waals surface area contributed by atoms with Gasteiger partial charge in [-0.05, 0) is 199 Å². The molecule has 0 aliphatic heterocycles. The molecular weight excluding hydrogens is 893 g/mol. The first-order valence-electron chi connectivity index (χ1n) is 23.6. The first-order valence-corrected chi connectivity index (χ1v) is 25.1. The number of nitrogens with zero attached hydrogens (tertiary/aromatic N) is 2. The molecule has 348 valence electrons. The number of rotatable bonds is 14. The number of ether oxygens (including phenoxy) is 2. The van der Waals surface area contributed by atoms with Gasteiger partial charge in [0.15, 0.2) is 0 Å². The van der Waals surface area contributed by atoms with Crippen LogP contribution < -0.4 is 19.3 Å². The van der Waals surface area contributed by atoms with Crippen LogP contribution in [0.1, 0.15) is 16.7 Å². The van der Waals surface area contributed by atoms with Gasteiger partial charge in [-0.1, -0.05) is 115 Å². The van der Waals surface area contributed by atoms with E-state index in [1.165, 1.54) is 5.56 Å².